The monoisotopic (exact) mass is 276 g/mol. The topological polar surface area (TPSA) is 52.6 Å². The van der Waals surface area contributed by atoms with Crippen molar-refractivity contribution >= 4 is 19.7 Å². The van der Waals surface area contributed by atoms with Gasteiger partial charge in [0.05, 0.1) is 13.7 Å². The average molecular weight is 277 g/mol. The molecule has 0 unspecified atom stereocenters. The van der Waals surface area contributed by atoms with Gasteiger partial charge in [0.2, 0.25) is 0 Å². The van der Waals surface area contributed by atoms with Crippen molar-refractivity contribution in [2.75, 3.05) is 13.7 Å². The Labute approximate surface area is 105 Å². The van der Waals surface area contributed by atoms with Crippen LogP contribution in [0.3, 0.4) is 0 Å². The molecule has 0 bridgehead atoms. The molecule has 1 aliphatic rings. The summed E-state index contributed by atoms with van der Waals surface area (Å²) in [5.74, 6) is 0.567. The summed E-state index contributed by atoms with van der Waals surface area (Å²) in [5.41, 5.74) is 0.863. The molecule has 0 saturated heterocycles. The van der Waals surface area contributed by atoms with Crippen molar-refractivity contribution in [1.29, 1.82) is 0 Å². The Morgan fingerprint density at radius 2 is 2.12 bits per heavy atom. The van der Waals surface area contributed by atoms with Crippen LogP contribution in [0.1, 0.15) is 18.4 Å². The lowest BCUT2D eigenvalue weighted by Crippen LogP contribution is -2.04. The van der Waals surface area contributed by atoms with Crippen LogP contribution in [0, 0.1) is 0 Å². The van der Waals surface area contributed by atoms with Crippen LogP contribution in [-0.4, -0.2) is 22.1 Å². The Hall–Kier alpha value is -0.940. The predicted molar refractivity (Wildman–Crippen MR) is 64.5 cm³/mol. The third-order valence-corrected chi connectivity index (χ3v) is 4.05. The Bertz CT molecular complexity index is 525. The van der Waals surface area contributed by atoms with Gasteiger partial charge in [0, 0.05) is 10.7 Å². The molecule has 0 fully saturated rings. The Kier molecular flexibility index (Phi) is 3.49. The van der Waals surface area contributed by atoms with Gasteiger partial charge in [-0.2, -0.15) is 0 Å². The fraction of sp³-hybridized carbons (Fsp3) is 0.455. The van der Waals surface area contributed by atoms with E-state index < -0.39 is 9.05 Å². The summed E-state index contributed by atoms with van der Waals surface area (Å²) in [6.45, 7) is 0.500. The van der Waals surface area contributed by atoms with Crippen molar-refractivity contribution in [3.8, 4) is 11.5 Å². The van der Waals surface area contributed by atoms with Gasteiger partial charge in [-0.15, -0.1) is 0 Å². The number of aryl methyl sites for hydroxylation is 1. The van der Waals surface area contributed by atoms with Crippen LogP contribution >= 0.6 is 10.7 Å². The fourth-order valence-corrected chi connectivity index (χ4v) is 3.17. The van der Waals surface area contributed by atoms with E-state index in [4.69, 9.17) is 20.2 Å². The number of hydrogen-bond acceptors (Lipinski definition) is 4. The van der Waals surface area contributed by atoms with Crippen LogP contribution in [0.5, 0.6) is 11.5 Å². The minimum Gasteiger partial charge on any atom is -0.495 e. The van der Waals surface area contributed by atoms with Crippen LogP contribution in [0.2, 0.25) is 0 Å². The molecule has 0 aromatic heterocycles. The molecular formula is C11H13ClO4S. The smallest absolute Gasteiger partial charge is 0.268 e. The van der Waals surface area contributed by atoms with E-state index in [9.17, 15) is 8.42 Å². The Balaban J connectivity index is 2.68. The van der Waals surface area contributed by atoms with Crippen molar-refractivity contribution in [2.24, 2.45) is 0 Å². The van der Waals surface area contributed by atoms with E-state index in [0.29, 0.717) is 12.4 Å². The van der Waals surface area contributed by atoms with Crippen LogP contribution in [0.25, 0.3) is 0 Å². The average Bonchev–Trinajstić information content (AvgIpc) is 2.50. The lowest BCUT2D eigenvalue weighted by atomic mass is 10.1. The van der Waals surface area contributed by atoms with Gasteiger partial charge in [-0.25, -0.2) is 8.42 Å². The lowest BCUT2D eigenvalue weighted by molar-refractivity contribution is 0.304. The molecule has 4 nitrogen and oxygen atoms in total. The van der Waals surface area contributed by atoms with Gasteiger partial charge in [-0.3, -0.25) is 0 Å². The van der Waals surface area contributed by atoms with Crippen molar-refractivity contribution in [3.05, 3.63) is 17.7 Å². The minimum absolute atomic E-state index is 0.0546. The molecule has 1 heterocycles. The van der Waals surface area contributed by atoms with Crippen LogP contribution in [0.4, 0.5) is 0 Å². The highest BCUT2D eigenvalue weighted by Gasteiger charge is 2.26. The van der Waals surface area contributed by atoms with Crippen LogP contribution in [0.15, 0.2) is 17.0 Å². The van der Waals surface area contributed by atoms with E-state index in [1.165, 1.54) is 7.11 Å². The zero-order valence-electron chi connectivity index (χ0n) is 9.40. The zero-order valence-corrected chi connectivity index (χ0v) is 11.0. The zero-order chi connectivity index (χ0) is 12.5. The molecule has 6 heteroatoms. The third-order valence-electron chi connectivity index (χ3n) is 2.71. The summed E-state index contributed by atoms with van der Waals surface area (Å²) in [6, 6.07) is 3.44. The van der Waals surface area contributed by atoms with Gasteiger partial charge in [0.25, 0.3) is 9.05 Å². The molecule has 2 rings (SSSR count). The molecule has 0 N–H and O–H groups in total. The maximum absolute atomic E-state index is 11.6. The van der Waals surface area contributed by atoms with E-state index in [2.05, 4.69) is 0 Å². The van der Waals surface area contributed by atoms with Crippen molar-refractivity contribution in [1.82, 2.24) is 0 Å². The molecule has 17 heavy (non-hydrogen) atoms. The standard InChI is InChI=1S/C11H13ClO4S/c1-15-9-6-5-8-4-2-3-7-16-10(8)11(9)17(12,13)14/h5-6H,2-4,7H2,1H3. The third kappa shape index (κ3) is 2.50. The first-order valence-electron chi connectivity index (χ1n) is 5.31. The largest absolute Gasteiger partial charge is 0.495 e. The highest BCUT2D eigenvalue weighted by Crippen LogP contribution is 2.40. The van der Waals surface area contributed by atoms with Gasteiger partial charge >= 0.3 is 0 Å². The van der Waals surface area contributed by atoms with E-state index >= 15 is 0 Å². The number of methoxy groups -OCH3 is 1. The summed E-state index contributed by atoms with van der Waals surface area (Å²) in [4.78, 5) is -0.0546. The molecule has 0 aliphatic carbocycles. The molecule has 0 amide bonds. The van der Waals surface area contributed by atoms with Crippen LogP contribution < -0.4 is 9.47 Å². The second-order valence-electron chi connectivity index (χ2n) is 3.83. The van der Waals surface area contributed by atoms with E-state index in [1.807, 2.05) is 6.07 Å². The summed E-state index contributed by atoms with van der Waals surface area (Å²) < 4.78 is 33.7. The SMILES string of the molecule is COc1ccc2c(c1S(=O)(=O)Cl)OCCCC2. The predicted octanol–water partition coefficient (Wildman–Crippen LogP) is 2.34. The van der Waals surface area contributed by atoms with Crippen molar-refractivity contribution < 1.29 is 17.9 Å². The fourth-order valence-electron chi connectivity index (χ4n) is 1.92. The Morgan fingerprint density at radius 1 is 1.35 bits per heavy atom. The molecule has 0 radical (unpaired) electrons. The first kappa shape index (κ1) is 12.5. The number of benzene rings is 1. The lowest BCUT2D eigenvalue weighted by Gasteiger charge is -2.14. The van der Waals surface area contributed by atoms with Gasteiger partial charge < -0.3 is 9.47 Å². The highest BCUT2D eigenvalue weighted by atomic mass is 35.7. The first-order chi connectivity index (χ1) is 8.04. The molecule has 0 saturated carbocycles. The molecule has 1 aromatic rings. The van der Waals surface area contributed by atoms with E-state index in [-0.39, 0.29) is 10.6 Å². The van der Waals surface area contributed by atoms with E-state index in [1.54, 1.807) is 6.07 Å². The first-order valence-corrected chi connectivity index (χ1v) is 7.62. The summed E-state index contributed by atoms with van der Waals surface area (Å²) in [5, 5.41) is 0. The Morgan fingerprint density at radius 3 is 2.76 bits per heavy atom. The maximum Gasteiger partial charge on any atom is 0.268 e. The van der Waals surface area contributed by atoms with Gasteiger partial charge in [0.1, 0.15) is 11.5 Å². The molecule has 94 valence electrons. The van der Waals surface area contributed by atoms with E-state index in [0.717, 1.165) is 24.8 Å². The molecule has 0 spiro atoms. The van der Waals surface area contributed by atoms with Crippen LogP contribution in [-0.2, 0) is 15.5 Å². The number of rotatable bonds is 2. The second-order valence-corrected chi connectivity index (χ2v) is 6.33. The summed E-state index contributed by atoms with van der Waals surface area (Å²) in [7, 11) is 2.97. The molecule has 1 aliphatic heterocycles. The summed E-state index contributed by atoms with van der Waals surface area (Å²) >= 11 is 0. The van der Waals surface area contributed by atoms with Gasteiger partial charge in [0.15, 0.2) is 4.90 Å². The number of ether oxygens (including phenoxy) is 2. The minimum atomic E-state index is -3.88. The van der Waals surface area contributed by atoms with Crippen molar-refractivity contribution in [2.45, 2.75) is 24.2 Å². The number of halogens is 1. The van der Waals surface area contributed by atoms with Gasteiger partial charge in [-0.05, 0) is 30.9 Å². The number of fused-ring (bicyclic) bond motifs is 1. The second kappa shape index (κ2) is 4.74. The summed E-state index contributed by atoms with van der Waals surface area (Å²) in [6.07, 6.45) is 2.67. The van der Waals surface area contributed by atoms with Gasteiger partial charge in [-0.1, -0.05) is 6.07 Å². The molecular weight excluding hydrogens is 264 g/mol. The highest BCUT2D eigenvalue weighted by molar-refractivity contribution is 8.14. The molecule has 0 atom stereocenters. The maximum atomic E-state index is 11.6. The molecule has 1 aromatic carbocycles. The number of hydrogen-bond donors (Lipinski definition) is 0. The quantitative estimate of drug-likeness (QED) is 0.778. The van der Waals surface area contributed by atoms with Crippen molar-refractivity contribution in [3.63, 3.8) is 0 Å². The normalized spacial score (nSPS) is 15.6.